The Labute approximate surface area is 332 Å². The van der Waals surface area contributed by atoms with Crippen molar-refractivity contribution < 1.29 is 34.4 Å². The number of benzene rings is 4. The van der Waals surface area contributed by atoms with Gasteiger partial charge in [-0.3, -0.25) is 4.79 Å². The van der Waals surface area contributed by atoms with Crippen molar-refractivity contribution in [3.63, 3.8) is 0 Å². The first-order chi connectivity index (χ1) is 24.5. The van der Waals surface area contributed by atoms with E-state index >= 15 is 0 Å². The Balaban J connectivity index is 0.000000299. The van der Waals surface area contributed by atoms with Crippen molar-refractivity contribution >= 4 is 67.1 Å². The van der Waals surface area contributed by atoms with E-state index in [2.05, 4.69) is 98.7 Å². The van der Waals surface area contributed by atoms with Crippen molar-refractivity contribution in [3.05, 3.63) is 90.0 Å². The van der Waals surface area contributed by atoms with Crippen LogP contribution in [0.25, 0.3) is 54.9 Å². The van der Waals surface area contributed by atoms with Crippen LogP contribution in [-0.4, -0.2) is 34.1 Å². The van der Waals surface area contributed by atoms with Gasteiger partial charge in [0.25, 0.3) is 0 Å². The van der Waals surface area contributed by atoms with E-state index < -0.39 is 13.3 Å². The molecule has 0 saturated heterocycles. The van der Waals surface area contributed by atoms with E-state index in [4.69, 9.17) is 14.4 Å². The van der Waals surface area contributed by atoms with Crippen LogP contribution in [0.3, 0.4) is 0 Å². The zero-order valence-corrected chi connectivity index (χ0v) is 38.2. The molecule has 0 bridgehead atoms. The Morgan fingerprint density at radius 3 is 2.13 bits per heavy atom. The fourth-order valence-electron chi connectivity index (χ4n) is 6.76. The van der Waals surface area contributed by atoms with Crippen LogP contribution >= 0.6 is 0 Å². The molecule has 0 aliphatic rings. The van der Waals surface area contributed by atoms with Crippen LogP contribution in [0.2, 0.25) is 17.3 Å². The molecule has 2 aromatic heterocycles. The molecule has 1 N–H and O–H groups in total. The summed E-state index contributed by atoms with van der Waals surface area (Å²) in [6, 6.07) is 25.1. The molecular formula is C46H57GeIrN2O3-. The number of allylic oxidation sites excluding steroid dienone is 2. The number of ketones is 1. The third-order valence-electron chi connectivity index (χ3n) is 11.5. The van der Waals surface area contributed by atoms with Gasteiger partial charge in [-0.1, -0.05) is 41.5 Å². The Morgan fingerprint density at radius 1 is 0.887 bits per heavy atom. The number of nitrogens with zero attached hydrogens (tertiary/aromatic N) is 2. The zero-order chi connectivity index (χ0) is 38.2. The van der Waals surface area contributed by atoms with Crippen molar-refractivity contribution in [2.75, 3.05) is 0 Å². The number of carbonyl (C=O) groups is 1. The summed E-state index contributed by atoms with van der Waals surface area (Å²) in [4.78, 5) is 22.5. The maximum absolute atomic E-state index is 12.2. The minimum Gasteiger partial charge on any atom is 0 e. The molecule has 1 radical (unpaired) electrons. The standard InChI is InChI=1S/C31H29GeN2O.C15H28O2.Ir/c1-18(2)31-33-28(24-11-8-10-22-21-15-13-19(3)17-26(21)35-30(22)24)23-16-14-20-9-7-12-25(32(4,5)6)27(20)29(23)34-31;1-7-14(5,8-2)12(16)11-13(17)15(6,9-3)10-4;/h7-10,12-18H,1-6H3;11,16H,7-10H2,1-6H3;/q-1;;/b;12-11-;. The SMILES string of the molecule is CCC(C)(CC)C(=O)/C=C(\O)C(C)(CC)CC.Cc1ccc2c(c1)oc1c(-c3nc(C(C)C)nc4c3ccc3ccc[c]([Ge]([CH3])([CH3])[CH3])c34)[c-]ccc12.[Ir]. The van der Waals surface area contributed by atoms with Crippen LogP contribution < -0.4 is 4.40 Å². The van der Waals surface area contributed by atoms with Crippen LogP contribution in [0.5, 0.6) is 0 Å². The number of hydrogen-bond donors (Lipinski definition) is 1. The third-order valence-corrected chi connectivity index (χ3v) is 15.7. The number of rotatable bonds is 10. The largest absolute Gasteiger partial charge is 0 e. The van der Waals surface area contributed by atoms with Crippen LogP contribution in [0, 0.1) is 23.8 Å². The van der Waals surface area contributed by atoms with E-state index in [-0.39, 0.29) is 48.4 Å². The second-order valence-corrected chi connectivity index (χ2v) is 26.9. The number of hydrogen-bond acceptors (Lipinski definition) is 5. The van der Waals surface area contributed by atoms with E-state index in [0.29, 0.717) is 0 Å². The van der Waals surface area contributed by atoms with Crippen LogP contribution in [-0.2, 0) is 24.9 Å². The first kappa shape index (κ1) is 42.4. The molecule has 6 rings (SSSR count). The molecule has 0 unspecified atom stereocenters. The number of aliphatic hydroxyl groups is 1. The molecule has 53 heavy (non-hydrogen) atoms. The molecule has 0 saturated carbocycles. The van der Waals surface area contributed by atoms with E-state index in [0.717, 1.165) is 75.6 Å². The minimum atomic E-state index is -2.17. The summed E-state index contributed by atoms with van der Waals surface area (Å²) in [6.07, 6.45) is 4.75. The molecule has 0 spiro atoms. The third kappa shape index (κ3) is 8.36. The first-order valence-corrected chi connectivity index (χ1v) is 26.4. The molecule has 0 fully saturated rings. The maximum atomic E-state index is 12.2. The predicted octanol–water partition coefficient (Wildman–Crippen LogP) is 12.8. The maximum Gasteiger partial charge on any atom is 0 e. The van der Waals surface area contributed by atoms with Crippen molar-refractivity contribution in [1.82, 2.24) is 9.97 Å². The van der Waals surface area contributed by atoms with Gasteiger partial charge in [0, 0.05) is 37.0 Å². The number of aryl methyl sites for hydroxylation is 1. The van der Waals surface area contributed by atoms with Gasteiger partial charge < -0.3 is 5.11 Å². The van der Waals surface area contributed by atoms with Crippen LogP contribution in [0.1, 0.15) is 98.4 Å². The fourth-order valence-corrected chi connectivity index (χ4v) is 10.1. The normalized spacial score (nSPS) is 12.7. The van der Waals surface area contributed by atoms with E-state index in [1.165, 1.54) is 26.8 Å². The zero-order valence-electron chi connectivity index (χ0n) is 33.7. The van der Waals surface area contributed by atoms with Gasteiger partial charge in [-0.05, 0) is 25.7 Å². The molecule has 6 aromatic rings. The van der Waals surface area contributed by atoms with Gasteiger partial charge in [0.15, 0.2) is 5.78 Å². The summed E-state index contributed by atoms with van der Waals surface area (Å²) in [5.74, 6) is 8.69. The van der Waals surface area contributed by atoms with Gasteiger partial charge in [-0.15, -0.1) is 0 Å². The van der Waals surface area contributed by atoms with Crippen LogP contribution in [0.4, 0.5) is 0 Å². The van der Waals surface area contributed by atoms with Crippen molar-refractivity contribution in [2.45, 2.75) is 111 Å². The Kier molecular flexibility index (Phi) is 13.3. The van der Waals surface area contributed by atoms with Gasteiger partial charge in [-0.2, -0.15) is 0 Å². The second kappa shape index (κ2) is 16.6. The molecule has 2 heterocycles. The van der Waals surface area contributed by atoms with E-state index in [1.807, 2.05) is 47.6 Å². The van der Waals surface area contributed by atoms with Crippen molar-refractivity contribution in [2.24, 2.45) is 10.8 Å². The van der Waals surface area contributed by atoms with Gasteiger partial charge in [0.2, 0.25) is 0 Å². The fraction of sp³-hybridized carbons (Fsp3) is 0.413. The molecular weight excluding hydrogens is 893 g/mol. The summed E-state index contributed by atoms with van der Waals surface area (Å²) >= 11 is -2.17. The molecule has 0 aliphatic carbocycles. The monoisotopic (exact) mass is 952 g/mol. The Morgan fingerprint density at radius 2 is 1.53 bits per heavy atom. The molecule has 5 nitrogen and oxygen atoms in total. The Hall–Kier alpha value is -3.32. The molecule has 283 valence electrons. The number of aromatic nitrogens is 2. The van der Waals surface area contributed by atoms with Gasteiger partial charge in [-0.25, -0.2) is 0 Å². The number of fused-ring (bicyclic) bond motifs is 6. The van der Waals surface area contributed by atoms with Gasteiger partial charge in [0.05, 0.1) is 0 Å². The topological polar surface area (TPSA) is 76.2 Å². The quantitative estimate of drug-likeness (QED) is 0.0487. The average Bonchev–Trinajstić information content (AvgIpc) is 3.50. The van der Waals surface area contributed by atoms with Crippen LogP contribution in [0.15, 0.2) is 76.9 Å². The number of carbonyl (C=O) groups excluding carboxylic acids is 1. The van der Waals surface area contributed by atoms with Crippen molar-refractivity contribution in [3.8, 4) is 11.3 Å². The first-order valence-electron chi connectivity index (χ1n) is 19.0. The minimum absolute atomic E-state index is 0. The van der Waals surface area contributed by atoms with Gasteiger partial charge >= 0.3 is 209 Å². The number of aliphatic hydroxyl groups excluding tert-OH is 1. The summed E-state index contributed by atoms with van der Waals surface area (Å²) < 4.78 is 7.93. The predicted molar refractivity (Wildman–Crippen MR) is 223 cm³/mol. The molecule has 0 aliphatic heterocycles. The average molecular weight is 951 g/mol. The molecule has 0 amide bonds. The van der Waals surface area contributed by atoms with Gasteiger partial charge in [0.1, 0.15) is 5.76 Å². The second-order valence-electron chi connectivity index (χ2n) is 16.3. The Bertz CT molecular complexity index is 2290. The van der Waals surface area contributed by atoms with E-state index in [1.54, 1.807) is 0 Å². The molecule has 0 atom stereocenters. The smallest absolute Gasteiger partial charge is 0 e. The van der Waals surface area contributed by atoms with E-state index in [9.17, 15) is 9.90 Å². The summed E-state index contributed by atoms with van der Waals surface area (Å²) in [5.41, 5.74) is 5.17. The number of furan rings is 1. The summed E-state index contributed by atoms with van der Waals surface area (Å²) in [6.45, 7) is 18.5. The molecule has 4 aromatic carbocycles. The van der Waals surface area contributed by atoms with Crippen molar-refractivity contribution in [1.29, 1.82) is 0 Å². The summed E-state index contributed by atoms with van der Waals surface area (Å²) in [7, 11) is 0. The summed E-state index contributed by atoms with van der Waals surface area (Å²) in [5, 5.41) is 15.9. The molecule has 7 heteroatoms.